The number of nitrogens with zero attached hydrogens (tertiary/aromatic N) is 2. The Morgan fingerprint density at radius 3 is 2.62 bits per heavy atom. The van der Waals surface area contributed by atoms with Crippen molar-refractivity contribution in [2.45, 2.75) is 87.2 Å². The molecule has 42 heavy (non-hydrogen) atoms. The van der Waals surface area contributed by atoms with E-state index in [0.29, 0.717) is 23.6 Å². The van der Waals surface area contributed by atoms with Crippen LogP contribution in [0.3, 0.4) is 0 Å². The molecule has 0 bridgehead atoms. The number of nitriles is 1. The molecule has 3 fully saturated rings. The smallest absolute Gasteiger partial charge is 0.237 e. The highest BCUT2D eigenvalue weighted by molar-refractivity contribution is 6.31. The van der Waals surface area contributed by atoms with Crippen LogP contribution in [0.4, 0.5) is 0 Å². The number of carbonyl (C=O) groups is 1. The van der Waals surface area contributed by atoms with Crippen LogP contribution in [0.25, 0.3) is 0 Å². The molecule has 226 valence electrons. The van der Waals surface area contributed by atoms with Crippen molar-refractivity contribution < 1.29 is 34.7 Å². The van der Waals surface area contributed by atoms with E-state index >= 15 is 0 Å². The van der Waals surface area contributed by atoms with E-state index in [4.69, 9.17) is 21.1 Å². The number of hydrogen-bond acceptors (Lipinski definition) is 9. The SMILES string of the molecule is N#C[C@@H]1CCCN1C(=O)CN[C@H]1CC[C@H](Oc2ccc(Cc3cc([C@@H]4O[C@H](CO)[C@@H](O)[C@H](O)[C@H]4O)ccc3Cl)cc2)C1. The standard InChI is InChI=1S/C31H38ClN3O7/c32-25-10-5-19(31-30(40)29(39)28(38)26(17-36)42-31)13-20(25)12-18-3-7-23(8-4-18)41-24-9-6-21(14-24)34-16-27(37)35-11-1-2-22(35)15-33/h3-5,7-8,10,13,21-22,24,26,28-31,34,36,38-40H,1-2,6,9,11-12,14,16-17H2/t21-,22-,24-,26+,28+,29-,30+,31-/m0/s1. The molecule has 0 spiro atoms. The summed E-state index contributed by atoms with van der Waals surface area (Å²) in [6.45, 7) is 0.405. The fraction of sp³-hybridized carbons (Fsp3) is 0.548. The number of amides is 1. The first-order valence-corrected chi connectivity index (χ1v) is 14.9. The van der Waals surface area contributed by atoms with Gasteiger partial charge < -0.3 is 40.1 Å². The van der Waals surface area contributed by atoms with E-state index in [2.05, 4.69) is 11.4 Å². The van der Waals surface area contributed by atoms with Gasteiger partial charge in [-0.05, 0) is 73.4 Å². The highest BCUT2D eigenvalue weighted by Gasteiger charge is 2.44. The van der Waals surface area contributed by atoms with Gasteiger partial charge in [-0.2, -0.15) is 5.26 Å². The number of halogens is 1. The Bertz CT molecular complexity index is 1270. The van der Waals surface area contributed by atoms with Crippen LogP contribution >= 0.6 is 11.6 Å². The molecule has 11 heteroatoms. The minimum absolute atomic E-state index is 0.0159. The Kier molecular flexibility index (Phi) is 10.0. The van der Waals surface area contributed by atoms with Crippen LogP contribution in [-0.2, 0) is 16.0 Å². The first-order chi connectivity index (χ1) is 20.3. The molecule has 1 saturated carbocycles. The maximum Gasteiger partial charge on any atom is 0.237 e. The van der Waals surface area contributed by atoms with Crippen LogP contribution in [0.1, 0.15) is 54.9 Å². The van der Waals surface area contributed by atoms with Gasteiger partial charge in [-0.15, -0.1) is 0 Å². The molecule has 8 atom stereocenters. The molecule has 2 heterocycles. The van der Waals surface area contributed by atoms with E-state index in [9.17, 15) is 30.5 Å². The van der Waals surface area contributed by atoms with Gasteiger partial charge in [0.15, 0.2) is 0 Å². The number of aliphatic hydroxyl groups excluding tert-OH is 4. The Morgan fingerprint density at radius 2 is 1.88 bits per heavy atom. The fourth-order valence-corrected chi connectivity index (χ4v) is 6.33. The molecule has 5 N–H and O–H groups in total. The van der Waals surface area contributed by atoms with E-state index in [1.54, 1.807) is 23.1 Å². The Balaban J connectivity index is 1.14. The van der Waals surface area contributed by atoms with Crippen molar-refractivity contribution in [3.8, 4) is 11.8 Å². The summed E-state index contributed by atoms with van der Waals surface area (Å²) in [6, 6.07) is 15.1. The lowest BCUT2D eigenvalue weighted by atomic mass is 9.90. The third-order valence-electron chi connectivity index (χ3n) is 8.56. The molecule has 2 aliphatic heterocycles. The number of rotatable bonds is 9. The monoisotopic (exact) mass is 599 g/mol. The second-order valence-electron chi connectivity index (χ2n) is 11.4. The molecule has 2 aromatic carbocycles. The largest absolute Gasteiger partial charge is 0.490 e. The summed E-state index contributed by atoms with van der Waals surface area (Å²) in [6.07, 6.45) is -1.34. The number of hydrogen-bond donors (Lipinski definition) is 5. The summed E-state index contributed by atoms with van der Waals surface area (Å²) < 4.78 is 11.9. The Morgan fingerprint density at radius 1 is 1.10 bits per heavy atom. The van der Waals surface area contributed by atoms with Crippen LogP contribution < -0.4 is 10.1 Å². The summed E-state index contributed by atoms with van der Waals surface area (Å²) in [5.74, 6) is 0.744. The third kappa shape index (κ3) is 6.90. The Hall–Kier alpha value is -2.75. The summed E-state index contributed by atoms with van der Waals surface area (Å²) in [4.78, 5) is 14.2. The fourth-order valence-electron chi connectivity index (χ4n) is 6.15. The number of likely N-dealkylation sites (tertiary alicyclic amines) is 1. The zero-order chi connectivity index (χ0) is 29.8. The van der Waals surface area contributed by atoms with Gasteiger partial charge in [0.05, 0.1) is 19.2 Å². The lowest BCUT2D eigenvalue weighted by molar-refractivity contribution is -0.231. The molecule has 0 radical (unpaired) electrons. The summed E-state index contributed by atoms with van der Waals surface area (Å²) in [5, 5.41) is 53.4. The maximum atomic E-state index is 12.5. The minimum atomic E-state index is -1.45. The molecule has 5 rings (SSSR count). The third-order valence-corrected chi connectivity index (χ3v) is 8.93. The lowest BCUT2D eigenvalue weighted by Gasteiger charge is -2.40. The quantitative estimate of drug-likeness (QED) is 0.290. The maximum absolute atomic E-state index is 12.5. The molecule has 2 saturated heterocycles. The average molecular weight is 600 g/mol. The number of aliphatic hydroxyl groups is 4. The van der Waals surface area contributed by atoms with Gasteiger partial charge in [0.25, 0.3) is 0 Å². The minimum Gasteiger partial charge on any atom is -0.490 e. The van der Waals surface area contributed by atoms with Crippen molar-refractivity contribution in [2.24, 2.45) is 0 Å². The molecule has 1 aliphatic carbocycles. The van der Waals surface area contributed by atoms with E-state index in [1.165, 1.54) is 0 Å². The van der Waals surface area contributed by atoms with Crippen LogP contribution in [0, 0.1) is 11.3 Å². The second kappa shape index (κ2) is 13.7. The first kappa shape index (κ1) is 30.7. The van der Waals surface area contributed by atoms with Gasteiger partial charge in [0.1, 0.15) is 48.4 Å². The molecule has 1 amide bonds. The second-order valence-corrected chi connectivity index (χ2v) is 11.8. The molecule has 3 aliphatic rings. The van der Waals surface area contributed by atoms with Crippen molar-refractivity contribution in [3.63, 3.8) is 0 Å². The molecule has 10 nitrogen and oxygen atoms in total. The van der Waals surface area contributed by atoms with Crippen molar-refractivity contribution >= 4 is 17.5 Å². The van der Waals surface area contributed by atoms with E-state index < -0.39 is 37.1 Å². The topological polar surface area (TPSA) is 156 Å². The van der Waals surface area contributed by atoms with Gasteiger partial charge in [0, 0.05) is 17.6 Å². The predicted molar refractivity (Wildman–Crippen MR) is 154 cm³/mol. The molecular weight excluding hydrogens is 562 g/mol. The molecule has 0 aromatic heterocycles. The van der Waals surface area contributed by atoms with E-state index in [0.717, 1.165) is 49.0 Å². The van der Waals surface area contributed by atoms with Gasteiger partial charge in [-0.1, -0.05) is 35.9 Å². The number of carbonyl (C=O) groups excluding carboxylic acids is 1. The van der Waals surface area contributed by atoms with E-state index in [-0.39, 0.29) is 30.6 Å². The number of benzene rings is 2. The van der Waals surface area contributed by atoms with Crippen LogP contribution in [0.5, 0.6) is 5.75 Å². The van der Waals surface area contributed by atoms with Gasteiger partial charge in [-0.25, -0.2) is 0 Å². The van der Waals surface area contributed by atoms with Gasteiger partial charge >= 0.3 is 0 Å². The van der Waals surface area contributed by atoms with Crippen LogP contribution in [0.2, 0.25) is 5.02 Å². The lowest BCUT2D eigenvalue weighted by Crippen LogP contribution is -2.55. The average Bonchev–Trinajstić information content (AvgIpc) is 3.67. The highest BCUT2D eigenvalue weighted by atomic mass is 35.5. The number of nitrogens with one attached hydrogen (secondary N) is 1. The van der Waals surface area contributed by atoms with Crippen molar-refractivity contribution in [1.82, 2.24) is 10.2 Å². The van der Waals surface area contributed by atoms with E-state index in [1.807, 2.05) is 24.3 Å². The first-order valence-electron chi connectivity index (χ1n) is 14.5. The van der Waals surface area contributed by atoms with Crippen LogP contribution in [-0.4, -0.2) is 93.5 Å². The zero-order valence-corrected chi connectivity index (χ0v) is 24.1. The molecule has 2 aromatic rings. The molecular formula is C31H38ClN3O7. The summed E-state index contributed by atoms with van der Waals surface area (Å²) in [5.41, 5.74) is 2.38. The van der Waals surface area contributed by atoms with Crippen molar-refractivity contribution in [3.05, 3.63) is 64.2 Å². The Labute approximate surface area is 250 Å². The van der Waals surface area contributed by atoms with Gasteiger partial charge in [0.2, 0.25) is 5.91 Å². The van der Waals surface area contributed by atoms with Crippen molar-refractivity contribution in [2.75, 3.05) is 19.7 Å². The number of ether oxygens (including phenoxy) is 2. The van der Waals surface area contributed by atoms with Gasteiger partial charge in [-0.3, -0.25) is 4.79 Å². The van der Waals surface area contributed by atoms with Crippen molar-refractivity contribution in [1.29, 1.82) is 5.26 Å². The highest BCUT2D eigenvalue weighted by Crippen LogP contribution is 2.34. The summed E-state index contributed by atoms with van der Waals surface area (Å²) in [7, 11) is 0. The predicted octanol–water partition coefficient (Wildman–Crippen LogP) is 1.85. The van der Waals surface area contributed by atoms with Crippen LogP contribution in [0.15, 0.2) is 42.5 Å². The zero-order valence-electron chi connectivity index (χ0n) is 23.3. The normalized spacial score (nSPS) is 31.2. The molecule has 0 unspecified atom stereocenters. The summed E-state index contributed by atoms with van der Waals surface area (Å²) >= 11 is 6.48.